The molecule has 1 aliphatic heterocycles. The Morgan fingerprint density at radius 1 is 0.939 bits per heavy atom. The van der Waals surface area contributed by atoms with E-state index in [0.29, 0.717) is 10.7 Å². The van der Waals surface area contributed by atoms with Gasteiger partial charge in [0, 0.05) is 38.9 Å². The highest BCUT2D eigenvalue weighted by Crippen LogP contribution is 2.36. The average Bonchev–Trinajstić information content (AvgIpc) is 2.80. The van der Waals surface area contributed by atoms with Crippen LogP contribution in [-0.4, -0.2) is 35.6 Å². The summed E-state index contributed by atoms with van der Waals surface area (Å²) in [6, 6.07) is 15.4. The molecule has 0 aliphatic carbocycles. The van der Waals surface area contributed by atoms with E-state index in [9.17, 15) is 13.2 Å². The molecule has 174 valence electrons. The summed E-state index contributed by atoms with van der Waals surface area (Å²) in [5.41, 5.74) is -0.774. The molecule has 0 spiro atoms. The highest BCUT2D eigenvalue weighted by atomic mass is 35.5. The zero-order chi connectivity index (χ0) is 23.3. The lowest BCUT2D eigenvalue weighted by Crippen LogP contribution is -2.30. The minimum absolute atomic E-state index is 0.0322. The van der Waals surface area contributed by atoms with Gasteiger partial charge in [-0.1, -0.05) is 23.4 Å². The van der Waals surface area contributed by atoms with Gasteiger partial charge in [-0.15, -0.1) is 0 Å². The molecule has 2 aromatic carbocycles. The standard InChI is InChI=1S/C22H19ClF3N3OS3/c23-19-13-15(22(24,25)26)1-7-20(19)32-28-21-8-6-18(14-27-21)31-16-2-4-17(5-3-16)33-29-9-11-30-12-10-29/h1-8,13-14H,9-12H2,(H,27,28). The molecule has 1 aromatic heterocycles. The molecule has 1 fully saturated rings. The van der Waals surface area contributed by atoms with Gasteiger partial charge in [-0.3, -0.25) is 0 Å². The normalized spacial score (nSPS) is 14.9. The van der Waals surface area contributed by atoms with Gasteiger partial charge in [-0.05, 0) is 78.5 Å². The Kier molecular flexibility index (Phi) is 8.37. The zero-order valence-electron chi connectivity index (χ0n) is 17.1. The third-order valence-electron chi connectivity index (χ3n) is 4.53. The number of pyridine rings is 1. The molecular formula is C22H19ClF3N3OS3. The minimum Gasteiger partial charge on any atom is -0.379 e. The second kappa shape index (κ2) is 11.2. The van der Waals surface area contributed by atoms with Crippen LogP contribution < -0.4 is 4.72 Å². The van der Waals surface area contributed by atoms with Crippen molar-refractivity contribution in [3.05, 3.63) is 71.4 Å². The fraction of sp³-hybridized carbons (Fsp3) is 0.227. The van der Waals surface area contributed by atoms with Crippen LogP contribution in [0.1, 0.15) is 5.56 Å². The number of hydrogen-bond acceptors (Lipinski definition) is 7. The number of nitrogens with one attached hydrogen (secondary N) is 1. The number of benzene rings is 2. The lowest BCUT2D eigenvalue weighted by atomic mass is 10.2. The molecule has 11 heteroatoms. The van der Waals surface area contributed by atoms with E-state index in [1.54, 1.807) is 29.9 Å². The number of alkyl halides is 3. The van der Waals surface area contributed by atoms with Crippen molar-refractivity contribution in [2.45, 2.75) is 25.8 Å². The predicted molar refractivity (Wildman–Crippen MR) is 129 cm³/mol. The molecular weight excluding hydrogens is 511 g/mol. The number of rotatable bonds is 7. The molecule has 1 aliphatic rings. The lowest BCUT2D eigenvalue weighted by Gasteiger charge is -2.25. The Hall–Kier alpha value is -1.56. The summed E-state index contributed by atoms with van der Waals surface area (Å²) in [6.07, 6.45) is -2.67. The van der Waals surface area contributed by atoms with Crippen molar-refractivity contribution in [1.82, 2.24) is 9.29 Å². The van der Waals surface area contributed by atoms with E-state index in [2.05, 4.69) is 38.3 Å². The van der Waals surface area contributed by atoms with Crippen molar-refractivity contribution < 1.29 is 17.9 Å². The smallest absolute Gasteiger partial charge is 0.379 e. The molecule has 4 rings (SSSR count). The molecule has 2 heterocycles. The average molecular weight is 530 g/mol. The molecule has 0 atom stereocenters. The number of ether oxygens (including phenoxy) is 1. The van der Waals surface area contributed by atoms with Crippen LogP contribution >= 0.6 is 47.3 Å². The van der Waals surface area contributed by atoms with E-state index < -0.39 is 11.7 Å². The first-order chi connectivity index (χ1) is 15.9. The Morgan fingerprint density at radius 2 is 1.64 bits per heavy atom. The summed E-state index contributed by atoms with van der Waals surface area (Å²) in [6.45, 7) is 3.40. The van der Waals surface area contributed by atoms with Crippen LogP contribution in [0.5, 0.6) is 0 Å². The van der Waals surface area contributed by atoms with Gasteiger partial charge in [0.1, 0.15) is 5.82 Å². The number of anilines is 1. The second-order valence-electron chi connectivity index (χ2n) is 6.93. The number of morpholine rings is 1. The first-order valence-electron chi connectivity index (χ1n) is 9.91. The Morgan fingerprint density at radius 3 is 2.27 bits per heavy atom. The van der Waals surface area contributed by atoms with Crippen molar-refractivity contribution in [2.24, 2.45) is 0 Å². The molecule has 0 bridgehead atoms. The highest BCUT2D eigenvalue weighted by molar-refractivity contribution is 8.00. The van der Waals surface area contributed by atoms with E-state index in [1.807, 2.05) is 12.1 Å². The van der Waals surface area contributed by atoms with Crippen LogP contribution in [0.15, 0.2) is 80.4 Å². The van der Waals surface area contributed by atoms with E-state index in [1.165, 1.54) is 11.0 Å². The van der Waals surface area contributed by atoms with Crippen molar-refractivity contribution in [3.8, 4) is 0 Å². The Balaban J connectivity index is 1.29. The predicted octanol–water partition coefficient (Wildman–Crippen LogP) is 7.36. The van der Waals surface area contributed by atoms with Crippen LogP contribution in [-0.2, 0) is 10.9 Å². The third kappa shape index (κ3) is 7.21. The van der Waals surface area contributed by atoms with Crippen LogP contribution in [0, 0.1) is 0 Å². The van der Waals surface area contributed by atoms with E-state index in [-0.39, 0.29) is 5.02 Å². The first kappa shape index (κ1) is 24.6. The van der Waals surface area contributed by atoms with Gasteiger partial charge in [-0.25, -0.2) is 9.29 Å². The van der Waals surface area contributed by atoms with Gasteiger partial charge in [0.15, 0.2) is 0 Å². The van der Waals surface area contributed by atoms with Gasteiger partial charge >= 0.3 is 6.18 Å². The first-order valence-corrected chi connectivity index (χ1v) is 12.7. The van der Waals surface area contributed by atoms with Crippen LogP contribution in [0.2, 0.25) is 5.02 Å². The largest absolute Gasteiger partial charge is 0.416 e. The quantitative estimate of drug-likeness (QED) is 0.320. The van der Waals surface area contributed by atoms with Crippen LogP contribution in [0.3, 0.4) is 0 Å². The number of halogens is 4. The summed E-state index contributed by atoms with van der Waals surface area (Å²) < 4.78 is 49.0. The fourth-order valence-corrected chi connectivity index (χ4v) is 5.46. The van der Waals surface area contributed by atoms with Crippen molar-refractivity contribution in [1.29, 1.82) is 0 Å². The van der Waals surface area contributed by atoms with Gasteiger partial charge in [-0.2, -0.15) is 13.2 Å². The topological polar surface area (TPSA) is 37.4 Å². The molecule has 0 radical (unpaired) electrons. The SMILES string of the molecule is FC(F)(F)c1ccc(SNc2ccc(Sc3ccc(SN4CCOCC4)cc3)cn2)c(Cl)c1. The van der Waals surface area contributed by atoms with Crippen molar-refractivity contribution in [3.63, 3.8) is 0 Å². The Labute approximate surface area is 207 Å². The maximum Gasteiger partial charge on any atom is 0.416 e. The Bertz CT molecular complexity index is 1060. The van der Waals surface area contributed by atoms with Gasteiger partial charge in [0.05, 0.1) is 23.8 Å². The maximum absolute atomic E-state index is 12.8. The molecule has 3 aromatic rings. The van der Waals surface area contributed by atoms with Crippen molar-refractivity contribution >= 4 is 53.1 Å². The summed E-state index contributed by atoms with van der Waals surface area (Å²) in [7, 11) is 0. The number of nitrogens with zero attached hydrogens (tertiary/aromatic N) is 2. The van der Waals surface area contributed by atoms with E-state index in [0.717, 1.165) is 60.2 Å². The molecule has 0 unspecified atom stereocenters. The summed E-state index contributed by atoms with van der Waals surface area (Å²) in [5.74, 6) is 0.581. The summed E-state index contributed by atoms with van der Waals surface area (Å²) in [5, 5.41) is 0.0322. The van der Waals surface area contributed by atoms with Crippen LogP contribution in [0.25, 0.3) is 0 Å². The monoisotopic (exact) mass is 529 g/mol. The fourth-order valence-electron chi connectivity index (χ4n) is 2.86. The zero-order valence-corrected chi connectivity index (χ0v) is 20.3. The second-order valence-corrected chi connectivity index (χ2v) is 10.5. The van der Waals surface area contributed by atoms with E-state index in [4.69, 9.17) is 16.3 Å². The molecule has 1 N–H and O–H groups in total. The highest BCUT2D eigenvalue weighted by Gasteiger charge is 2.30. The lowest BCUT2D eigenvalue weighted by molar-refractivity contribution is -0.137. The number of hydrogen-bond donors (Lipinski definition) is 1. The molecule has 33 heavy (non-hydrogen) atoms. The third-order valence-corrected chi connectivity index (χ3v) is 7.93. The molecule has 1 saturated heterocycles. The number of aromatic nitrogens is 1. The van der Waals surface area contributed by atoms with Gasteiger partial charge < -0.3 is 9.46 Å². The molecule has 4 nitrogen and oxygen atoms in total. The van der Waals surface area contributed by atoms with Gasteiger partial charge in [0.25, 0.3) is 0 Å². The van der Waals surface area contributed by atoms with Gasteiger partial charge in [0.2, 0.25) is 0 Å². The maximum atomic E-state index is 12.8. The van der Waals surface area contributed by atoms with Crippen molar-refractivity contribution in [2.75, 3.05) is 31.0 Å². The minimum atomic E-state index is -4.42. The molecule has 0 saturated carbocycles. The molecule has 0 amide bonds. The summed E-state index contributed by atoms with van der Waals surface area (Å²) >= 11 is 10.4. The summed E-state index contributed by atoms with van der Waals surface area (Å²) in [4.78, 5) is 8.14. The van der Waals surface area contributed by atoms with Crippen LogP contribution in [0.4, 0.5) is 19.0 Å². The van der Waals surface area contributed by atoms with E-state index >= 15 is 0 Å².